The van der Waals surface area contributed by atoms with Crippen LogP contribution < -0.4 is 4.90 Å². The van der Waals surface area contributed by atoms with Crippen molar-refractivity contribution in [3.05, 3.63) is 22.3 Å². The van der Waals surface area contributed by atoms with E-state index in [0.29, 0.717) is 6.54 Å². The van der Waals surface area contributed by atoms with Crippen LogP contribution in [0.25, 0.3) is 0 Å². The van der Waals surface area contributed by atoms with Crippen LogP contribution in [-0.4, -0.2) is 29.1 Å². The first-order chi connectivity index (χ1) is 8.08. The van der Waals surface area contributed by atoms with Crippen molar-refractivity contribution in [3.63, 3.8) is 0 Å². The summed E-state index contributed by atoms with van der Waals surface area (Å²) in [6, 6.07) is 2.01. The van der Waals surface area contributed by atoms with Gasteiger partial charge in [-0.25, -0.2) is 4.98 Å². The van der Waals surface area contributed by atoms with Crippen molar-refractivity contribution in [3.8, 4) is 0 Å². The number of rotatable bonds is 2. The highest BCUT2D eigenvalue weighted by molar-refractivity contribution is 9.10. The lowest BCUT2D eigenvalue weighted by atomic mass is 9.98. The summed E-state index contributed by atoms with van der Waals surface area (Å²) >= 11 is 3.38. The van der Waals surface area contributed by atoms with E-state index in [1.165, 1.54) is 0 Å². The van der Waals surface area contributed by atoms with Gasteiger partial charge < -0.3 is 10.0 Å². The minimum atomic E-state index is -0.704. The highest BCUT2D eigenvalue weighted by Crippen LogP contribution is 2.25. The molecule has 4 nitrogen and oxygen atoms in total. The molecule has 1 N–H and O–H groups in total. The van der Waals surface area contributed by atoms with Gasteiger partial charge in [0.05, 0.1) is 5.92 Å². The van der Waals surface area contributed by atoms with Crippen molar-refractivity contribution in [1.82, 2.24) is 4.98 Å². The Balaban J connectivity index is 2.19. The van der Waals surface area contributed by atoms with Crippen LogP contribution in [0.5, 0.6) is 0 Å². The van der Waals surface area contributed by atoms with Gasteiger partial charge >= 0.3 is 5.97 Å². The number of aliphatic carboxylic acids is 1. The minimum Gasteiger partial charge on any atom is -0.481 e. The SMILES string of the molecule is Cc1cc(Br)cnc1N1CCCC(C(=O)O)C1. The van der Waals surface area contributed by atoms with Crippen LogP contribution in [0.2, 0.25) is 0 Å². The monoisotopic (exact) mass is 298 g/mol. The Morgan fingerprint density at radius 3 is 3.06 bits per heavy atom. The molecule has 17 heavy (non-hydrogen) atoms. The van der Waals surface area contributed by atoms with Crippen molar-refractivity contribution < 1.29 is 9.90 Å². The predicted octanol–water partition coefficient (Wildman–Crippen LogP) is 2.45. The number of carbonyl (C=O) groups is 1. The number of aryl methyl sites for hydroxylation is 1. The maximum Gasteiger partial charge on any atom is 0.308 e. The highest BCUT2D eigenvalue weighted by atomic mass is 79.9. The van der Waals surface area contributed by atoms with E-state index >= 15 is 0 Å². The number of anilines is 1. The number of aromatic nitrogens is 1. The Bertz CT molecular complexity index is 437. The van der Waals surface area contributed by atoms with E-state index in [-0.39, 0.29) is 5.92 Å². The van der Waals surface area contributed by atoms with Gasteiger partial charge in [-0.2, -0.15) is 0 Å². The fourth-order valence-electron chi connectivity index (χ4n) is 2.24. The van der Waals surface area contributed by atoms with Gasteiger partial charge in [-0.3, -0.25) is 4.79 Å². The molecule has 0 saturated carbocycles. The van der Waals surface area contributed by atoms with E-state index in [1.54, 1.807) is 6.20 Å². The molecule has 1 saturated heterocycles. The Kier molecular flexibility index (Phi) is 3.66. The van der Waals surface area contributed by atoms with Crippen molar-refractivity contribution in [2.24, 2.45) is 5.92 Å². The van der Waals surface area contributed by atoms with Gasteiger partial charge in [-0.05, 0) is 47.3 Å². The summed E-state index contributed by atoms with van der Waals surface area (Å²) in [4.78, 5) is 17.5. The van der Waals surface area contributed by atoms with Gasteiger partial charge in [-0.1, -0.05) is 0 Å². The molecule has 92 valence electrons. The maximum atomic E-state index is 11.0. The third-order valence-electron chi connectivity index (χ3n) is 3.09. The molecule has 1 atom stereocenters. The maximum absolute atomic E-state index is 11.0. The molecule has 0 aromatic carbocycles. The summed E-state index contributed by atoms with van der Waals surface area (Å²) < 4.78 is 0.950. The lowest BCUT2D eigenvalue weighted by Gasteiger charge is -2.32. The quantitative estimate of drug-likeness (QED) is 0.911. The van der Waals surface area contributed by atoms with Gasteiger partial charge in [0, 0.05) is 23.8 Å². The number of carboxylic acid groups (broad SMARTS) is 1. The largest absolute Gasteiger partial charge is 0.481 e. The molecule has 5 heteroatoms. The van der Waals surface area contributed by atoms with Crippen LogP contribution in [0.4, 0.5) is 5.82 Å². The summed E-state index contributed by atoms with van der Waals surface area (Å²) in [6.07, 6.45) is 3.43. The number of halogens is 1. The summed E-state index contributed by atoms with van der Waals surface area (Å²) in [5.41, 5.74) is 1.07. The van der Waals surface area contributed by atoms with Crippen molar-refractivity contribution in [1.29, 1.82) is 0 Å². The van der Waals surface area contributed by atoms with Gasteiger partial charge in [0.15, 0.2) is 0 Å². The Morgan fingerprint density at radius 1 is 1.65 bits per heavy atom. The number of pyridine rings is 1. The second-order valence-corrected chi connectivity index (χ2v) is 5.33. The fraction of sp³-hybridized carbons (Fsp3) is 0.500. The lowest BCUT2D eigenvalue weighted by molar-refractivity contribution is -0.141. The molecule has 1 aromatic rings. The number of hydrogen-bond donors (Lipinski definition) is 1. The van der Waals surface area contributed by atoms with Crippen LogP contribution in [0.1, 0.15) is 18.4 Å². The van der Waals surface area contributed by atoms with Crippen LogP contribution >= 0.6 is 15.9 Å². The molecule has 1 aliphatic heterocycles. The van der Waals surface area contributed by atoms with Crippen LogP contribution in [0.3, 0.4) is 0 Å². The second-order valence-electron chi connectivity index (χ2n) is 4.42. The second kappa shape index (κ2) is 5.04. The molecule has 0 amide bonds. The Morgan fingerprint density at radius 2 is 2.41 bits per heavy atom. The molecule has 1 aliphatic rings. The molecule has 0 aliphatic carbocycles. The molecule has 1 fully saturated rings. The van der Waals surface area contributed by atoms with E-state index < -0.39 is 5.97 Å². The average molecular weight is 299 g/mol. The molecule has 1 aromatic heterocycles. The van der Waals surface area contributed by atoms with Crippen molar-refractivity contribution >= 4 is 27.7 Å². The Labute approximate surface area is 109 Å². The summed E-state index contributed by atoms with van der Waals surface area (Å²) in [7, 11) is 0. The van der Waals surface area contributed by atoms with Gasteiger partial charge in [0.2, 0.25) is 0 Å². The van der Waals surface area contributed by atoms with E-state index in [1.807, 2.05) is 13.0 Å². The van der Waals surface area contributed by atoms with E-state index in [2.05, 4.69) is 25.8 Å². The first-order valence-corrected chi connectivity index (χ1v) is 6.47. The third kappa shape index (κ3) is 2.77. The van der Waals surface area contributed by atoms with Gasteiger partial charge in [0.1, 0.15) is 5.82 Å². The smallest absolute Gasteiger partial charge is 0.308 e. The molecule has 0 bridgehead atoms. The average Bonchev–Trinajstić information content (AvgIpc) is 2.29. The zero-order chi connectivity index (χ0) is 12.4. The van der Waals surface area contributed by atoms with Crippen LogP contribution in [0.15, 0.2) is 16.7 Å². The third-order valence-corrected chi connectivity index (χ3v) is 3.52. The molecule has 2 rings (SSSR count). The molecule has 2 heterocycles. The first-order valence-electron chi connectivity index (χ1n) is 5.68. The summed E-state index contributed by atoms with van der Waals surface area (Å²) in [6.45, 7) is 3.45. The summed E-state index contributed by atoms with van der Waals surface area (Å²) in [5.74, 6) is -0.0720. The van der Waals surface area contributed by atoms with Crippen LogP contribution in [0, 0.1) is 12.8 Å². The van der Waals surface area contributed by atoms with Gasteiger partial charge in [-0.15, -0.1) is 0 Å². The fourth-order valence-corrected chi connectivity index (χ4v) is 2.68. The molecule has 1 unspecified atom stereocenters. The predicted molar refractivity (Wildman–Crippen MR) is 69.2 cm³/mol. The first kappa shape index (κ1) is 12.4. The number of piperidine rings is 1. The molecular weight excluding hydrogens is 284 g/mol. The lowest BCUT2D eigenvalue weighted by Crippen LogP contribution is -2.39. The van der Waals surface area contributed by atoms with Crippen molar-refractivity contribution in [2.75, 3.05) is 18.0 Å². The highest BCUT2D eigenvalue weighted by Gasteiger charge is 2.26. The topological polar surface area (TPSA) is 53.4 Å². The molecule has 0 radical (unpaired) electrons. The van der Waals surface area contributed by atoms with Crippen molar-refractivity contribution in [2.45, 2.75) is 19.8 Å². The Hall–Kier alpha value is -1.10. The normalized spacial score (nSPS) is 20.4. The zero-order valence-electron chi connectivity index (χ0n) is 9.69. The summed E-state index contributed by atoms with van der Waals surface area (Å²) in [5, 5.41) is 9.06. The number of nitrogens with zero attached hydrogens (tertiary/aromatic N) is 2. The zero-order valence-corrected chi connectivity index (χ0v) is 11.3. The number of hydrogen-bond acceptors (Lipinski definition) is 3. The van der Waals surface area contributed by atoms with E-state index in [9.17, 15) is 4.79 Å². The minimum absolute atomic E-state index is 0.270. The standard InChI is InChI=1S/C12H15BrN2O2/c1-8-5-10(13)6-14-11(8)15-4-2-3-9(7-15)12(16)17/h5-6,9H,2-4,7H2,1H3,(H,16,17). The van der Waals surface area contributed by atoms with Crippen LogP contribution in [-0.2, 0) is 4.79 Å². The number of carboxylic acids is 1. The van der Waals surface area contributed by atoms with Gasteiger partial charge in [0.25, 0.3) is 0 Å². The van der Waals surface area contributed by atoms with E-state index in [0.717, 1.165) is 35.2 Å². The molecule has 0 spiro atoms. The van der Waals surface area contributed by atoms with E-state index in [4.69, 9.17) is 5.11 Å². The molecular formula is C12H15BrN2O2.